The van der Waals surface area contributed by atoms with Gasteiger partial charge in [-0.3, -0.25) is 14.5 Å². The van der Waals surface area contributed by atoms with E-state index in [1.165, 1.54) is 0 Å². The molecule has 4 rings (SSSR count). The van der Waals surface area contributed by atoms with Gasteiger partial charge in [0.2, 0.25) is 11.8 Å². The number of carbonyl (C=O) groups is 1. The van der Waals surface area contributed by atoms with Gasteiger partial charge in [-0.05, 0) is 31.4 Å². The highest BCUT2D eigenvalue weighted by Crippen LogP contribution is 2.25. The zero-order valence-corrected chi connectivity index (χ0v) is 15.0. The van der Waals surface area contributed by atoms with E-state index in [1.807, 2.05) is 50.2 Å². The summed E-state index contributed by atoms with van der Waals surface area (Å²) < 4.78 is 7.34. The summed E-state index contributed by atoms with van der Waals surface area (Å²) in [6, 6.07) is 11.7. The van der Waals surface area contributed by atoms with Gasteiger partial charge in [-0.2, -0.15) is 5.10 Å². The molecule has 0 unspecified atom stereocenters. The van der Waals surface area contributed by atoms with Crippen LogP contribution in [0, 0.1) is 13.8 Å². The number of aryl methyl sites for hydroxylation is 2. The van der Waals surface area contributed by atoms with Crippen molar-refractivity contribution in [1.82, 2.24) is 30.3 Å². The molecule has 1 N–H and O–H groups in total. The molecule has 0 saturated carbocycles. The Bertz CT molecular complexity index is 1110. The summed E-state index contributed by atoms with van der Waals surface area (Å²) in [7, 11) is 0. The molecule has 3 aromatic heterocycles. The molecule has 0 radical (unpaired) electrons. The first kappa shape index (κ1) is 16.9. The molecule has 0 aliphatic rings. The Morgan fingerprint density at radius 1 is 1.19 bits per heavy atom. The number of hydrogen-bond acceptors (Lipinski definition) is 6. The first-order valence-electron chi connectivity index (χ1n) is 8.54. The maximum Gasteiger partial charge on any atom is 0.266 e. The number of nitrogens with zero attached hydrogens (tertiary/aromatic N) is 5. The van der Waals surface area contributed by atoms with Crippen molar-refractivity contribution < 1.29 is 9.21 Å². The van der Waals surface area contributed by atoms with E-state index >= 15 is 0 Å². The van der Waals surface area contributed by atoms with E-state index < -0.39 is 0 Å². The van der Waals surface area contributed by atoms with Crippen molar-refractivity contribution in [1.29, 1.82) is 0 Å². The smallest absolute Gasteiger partial charge is 0.266 e. The molecular formula is C19H18N6O2. The lowest BCUT2D eigenvalue weighted by Crippen LogP contribution is -2.28. The summed E-state index contributed by atoms with van der Waals surface area (Å²) in [5.74, 6) is 0.472. The van der Waals surface area contributed by atoms with Crippen LogP contribution in [0.25, 0.3) is 22.4 Å². The van der Waals surface area contributed by atoms with Crippen LogP contribution in [0.1, 0.15) is 17.3 Å². The molecule has 8 nitrogen and oxygen atoms in total. The molecule has 1 aromatic carbocycles. The van der Waals surface area contributed by atoms with Gasteiger partial charge in [0.1, 0.15) is 12.2 Å². The number of hydrogen-bond donors (Lipinski definition) is 1. The first-order chi connectivity index (χ1) is 13.1. The fourth-order valence-electron chi connectivity index (χ4n) is 2.91. The summed E-state index contributed by atoms with van der Waals surface area (Å²) in [5.41, 5.74) is 2.44. The fourth-order valence-corrected chi connectivity index (χ4v) is 2.91. The van der Waals surface area contributed by atoms with E-state index in [9.17, 15) is 4.79 Å². The summed E-state index contributed by atoms with van der Waals surface area (Å²) in [6.45, 7) is 4.10. The number of carbonyl (C=O) groups excluding carboxylic acids is 1. The van der Waals surface area contributed by atoms with Gasteiger partial charge >= 0.3 is 0 Å². The highest BCUT2D eigenvalue weighted by molar-refractivity contribution is 5.92. The Balaban J connectivity index is 1.45. The van der Waals surface area contributed by atoms with Crippen LogP contribution >= 0.6 is 0 Å². The van der Waals surface area contributed by atoms with Gasteiger partial charge in [0.15, 0.2) is 0 Å². The van der Waals surface area contributed by atoms with Crippen molar-refractivity contribution in [2.45, 2.75) is 26.9 Å². The maximum atomic E-state index is 12.1. The Labute approximate surface area is 155 Å². The van der Waals surface area contributed by atoms with Crippen LogP contribution in [0.15, 0.2) is 47.0 Å². The normalized spacial score (nSPS) is 11.0. The Morgan fingerprint density at radius 3 is 2.85 bits per heavy atom. The molecule has 136 valence electrons. The van der Waals surface area contributed by atoms with Gasteiger partial charge in [-0.25, -0.2) is 0 Å². The minimum absolute atomic E-state index is 0.144. The molecule has 0 aliphatic heterocycles. The Kier molecular flexibility index (Phi) is 4.37. The van der Waals surface area contributed by atoms with Crippen molar-refractivity contribution in [2.24, 2.45) is 0 Å². The minimum Gasteiger partial charge on any atom is -0.417 e. The lowest BCUT2D eigenvalue weighted by Gasteiger charge is -2.04. The summed E-state index contributed by atoms with van der Waals surface area (Å²) >= 11 is 0. The van der Waals surface area contributed by atoms with Crippen molar-refractivity contribution in [2.75, 3.05) is 0 Å². The molecule has 0 fully saturated rings. The molecular weight excluding hydrogens is 344 g/mol. The zero-order valence-electron chi connectivity index (χ0n) is 15.0. The summed E-state index contributed by atoms with van der Waals surface area (Å²) in [4.78, 5) is 16.5. The first-order valence-corrected chi connectivity index (χ1v) is 8.54. The van der Waals surface area contributed by atoms with E-state index in [-0.39, 0.29) is 19.0 Å². The quantitative estimate of drug-likeness (QED) is 0.585. The van der Waals surface area contributed by atoms with Gasteiger partial charge in [-0.1, -0.05) is 24.3 Å². The minimum atomic E-state index is -0.177. The largest absolute Gasteiger partial charge is 0.417 e. The number of amides is 1. The van der Waals surface area contributed by atoms with Gasteiger partial charge in [0.25, 0.3) is 5.89 Å². The van der Waals surface area contributed by atoms with Crippen LogP contribution < -0.4 is 5.32 Å². The SMILES string of the molecule is Cc1cc(C)n(CC(=O)NCc2nnc(-c3nccc4ccccc34)o2)n1. The van der Waals surface area contributed by atoms with E-state index in [2.05, 4.69) is 25.6 Å². The number of fused-ring (bicyclic) bond motifs is 1. The van der Waals surface area contributed by atoms with E-state index in [1.54, 1.807) is 10.9 Å². The molecule has 1 amide bonds. The number of nitrogens with one attached hydrogen (secondary N) is 1. The van der Waals surface area contributed by atoms with E-state index in [0.717, 1.165) is 22.2 Å². The van der Waals surface area contributed by atoms with Crippen LogP contribution in [0.4, 0.5) is 0 Å². The third-order valence-corrected chi connectivity index (χ3v) is 4.18. The molecule has 0 saturated heterocycles. The predicted octanol–water partition coefficient (Wildman–Crippen LogP) is 2.41. The monoisotopic (exact) mass is 362 g/mol. The lowest BCUT2D eigenvalue weighted by molar-refractivity contribution is -0.122. The van der Waals surface area contributed by atoms with Gasteiger partial charge in [0.05, 0.1) is 12.2 Å². The Hall–Kier alpha value is -3.55. The molecule has 0 aliphatic carbocycles. The van der Waals surface area contributed by atoms with E-state index in [0.29, 0.717) is 17.5 Å². The van der Waals surface area contributed by atoms with Crippen LogP contribution in [0.2, 0.25) is 0 Å². The third-order valence-electron chi connectivity index (χ3n) is 4.18. The van der Waals surface area contributed by atoms with E-state index in [4.69, 9.17) is 4.42 Å². The second-order valence-electron chi connectivity index (χ2n) is 6.24. The standard InChI is InChI=1S/C19H18N6O2/c1-12-9-13(2)25(24-12)11-16(26)21-10-17-22-23-19(27-17)18-15-6-4-3-5-14(15)7-8-20-18/h3-9H,10-11H2,1-2H3,(H,21,26). The summed E-state index contributed by atoms with van der Waals surface area (Å²) in [5, 5.41) is 17.1. The number of benzene rings is 1. The molecule has 3 heterocycles. The Morgan fingerprint density at radius 2 is 2.04 bits per heavy atom. The second-order valence-corrected chi connectivity index (χ2v) is 6.24. The number of aromatic nitrogens is 5. The fraction of sp³-hybridized carbons (Fsp3) is 0.211. The topological polar surface area (TPSA) is 98.7 Å². The summed E-state index contributed by atoms with van der Waals surface area (Å²) in [6.07, 6.45) is 1.71. The maximum absolute atomic E-state index is 12.1. The predicted molar refractivity (Wildman–Crippen MR) is 98.6 cm³/mol. The van der Waals surface area contributed by atoms with Crippen molar-refractivity contribution >= 4 is 16.7 Å². The van der Waals surface area contributed by atoms with Crippen LogP contribution in [0.5, 0.6) is 0 Å². The zero-order chi connectivity index (χ0) is 18.8. The molecule has 27 heavy (non-hydrogen) atoms. The third kappa shape index (κ3) is 3.55. The van der Waals surface area contributed by atoms with Crippen LogP contribution in [0.3, 0.4) is 0 Å². The second kappa shape index (κ2) is 6.99. The molecule has 8 heteroatoms. The van der Waals surface area contributed by atoms with Crippen LogP contribution in [-0.2, 0) is 17.9 Å². The van der Waals surface area contributed by atoms with Gasteiger partial charge < -0.3 is 9.73 Å². The molecule has 0 atom stereocenters. The van der Waals surface area contributed by atoms with Crippen molar-refractivity contribution in [3.63, 3.8) is 0 Å². The van der Waals surface area contributed by atoms with Gasteiger partial charge in [-0.15, -0.1) is 10.2 Å². The average molecular weight is 362 g/mol. The molecule has 0 bridgehead atoms. The van der Waals surface area contributed by atoms with Crippen molar-refractivity contribution in [3.05, 3.63) is 59.9 Å². The van der Waals surface area contributed by atoms with Gasteiger partial charge in [0, 0.05) is 17.3 Å². The highest BCUT2D eigenvalue weighted by Gasteiger charge is 2.14. The highest BCUT2D eigenvalue weighted by atomic mass is 16.4. The van der Waals surface area contributed by atoms with Crippen LogP contribution in [-0.4, -0.2) is 30.9 Å². The number of pyridine rings is 1. The average Bonchev–Trinajstić information content (AvgIpc) is 3.26. The molecule has 0 spiro atoms. The molecule has 4 aromatic rings. The van der Waals surface area contributed by atoms with Crippen molar-refractivity contribution in [3.8, 4) is 11.6 Å². The lowest BCUT2D eigenvalue weighted by atomic mass is 10.1. The number of rotatable bonds is 5.